The fourth-order valence-corrected chi connectivity index (χ4v) is 0.876. The van der Waals surface area contributed by atoms with Crippen molar-refractivity contribution in [1.82, 2.24) is 14.6 Å². The monoisotopic (exact) mass is 207 g/mol. The first-order chi connectivity index (χ1) is 4.88. The van der Waals surface area contributed by atoms with Crippen LogP contribution in [0.15, 0.2) is 29.5 Å². The number of aromatic amines is 1. The highest BCUT2D eigenvalue weighted by Gasteiger charge is 1.93. The summed E-state index contributed by atoms with van der Waals surface area (Å²) in [6, 6.07) is 3.49. The first-order valence-corrected chi connectivity index (χ1v) is 2.89. The largest absolute Gasteiger partial charge is 0.310 e. The Bertz CT molecular complexity index is 408. The molecule has 2 rings (SSSR count). The summed E-state index contributed by atoms with van der Waals surface area (Å²) in [5.41, 5.74) is 0.461. The normalized spacial score (nSPS) is 8.67. The molecule has 0 aliphatic carbocycles. The highest BCUT2D eigenvalue weighted by molar-refractivity contribution is 5.85. The van der Waals surface area contributed by atoms with Gasteiger partial charge in [-0.25, -0.2) is 4.52 Å². The Hall–Kier alpha value is -1.00. The maximum atomic E-state index is 10.9. The number of aromatic nitrogens is 3. The average Bonchev–Trinajstić information content (AvgIpc) is 2.36. The molecule has 4 nitrogen and oxygen atoms in total. The van der Waals surface area contributed by atoms with Gasteiger partial charge in [-0.3, -0.25) is 4.79 Å². The van der Waals surface area contributed by atoms with Crippen molar-refractivity contribution in [2.24, 2.45) is 0 Å². The van der Waals surface area contributed by atoms with Crippen LogP contribution in [0.25, 0.3) is 5.52 Å². The van der Waals surface area contributed by atoms with Crippen LogP contribution in [0.2, 0.25) is 0 Å². The lowest BCUT2D eigenvalue weighted by Gasteiger charge is -1.87. The molecule has 66 valence electrons. The van der Waals surface area contributed by atoms with E-state index < -0.39 is 0 Å². The lowest BCUT2D eigenvalue weighted by Crippen LogP contribution is -2.09. The van der Waals surface area contributed by atoms with Gasteiger partial charge in [-0.15, -0.1) is 24.8 Å². The van der Waals surface area contributed by atoms with Gasteiger partial charge in [-0.2, -0.15) is 5.10 Å². The van der Waals surface area contributed by atoms with Crippen molar-refractivity contribution in [2.45, 2.75) is 0 Å². The second kappa shape index (κ2) is 4.13. The van der Waals surface area contributed by atoms with Gasteiger partial charge >= 0.3 is 0 Å². The third kappa shape index (κ3) is 1.60. The van der Waals surface area contributed by atoms with E-state index in [0.717, 1.165) is 0 Å². The van der Waals surface area contributed by atoms with Gasteiger partial charge in [0.1, 0.15) is 11.8 Å². The number of H-pyrrole nitrogens is 1. The van der Waals surface area contributed by atoms with Crippen LogP contribution in [0.1, 0.15) is 0 Å². The molecular formula is C6H7Cl2N3O. The van der Waals surface area contributed by atoms with Gasteiger partial charge in [-0.05, 0) is 12.1 Å². The summed E-state index contributed by atoms with van der Waals surface area (Å²) in [4.78, 5) is 13.4. The van der Waals surface area contributed by atoms with E-state index in [2.05, 4.69) is 10.1 Å². The molecule has 0 aliphatic rings. The minimum absolute atomic E-state index is 0. The fourth-order valence-electron chi connectivity index (χ4n) is 0.876. The summed E-state index contributed by atoms with van der Waals surface area (Å²) in [5, 5.41) is 3.86. The molecule has 2 aromatic rings. The Morgan fingerprint density at radius 2 is 2.17 bits per heavy atom. The number of halogens is 2. The zero-order chi connectivity index (χ0) is 6.97. The van der Waals surface area contributed by atoms with E-state index in [4.69, 9.17) is 0 Å². The number of hydrogen-bond donors (Lipinski definition) is 1. The van der Waals surface area contributed by atoms with E-state index in [9.17, 15) is 4.79 Å². The van der Waals surface area contributed by atoms with Crippen molar-refractivity contribution >= 4 is 30.3 Å². The highest BCUT2D eigenvalue weighted by atomic mass is 35.5. The highest BCUT2D eigenvalue weighted by Crippen LogP contribution is 1.91. The molecule has 6 heteroatoms. The van der Waals surface area contributed by atoms with Gasteiger partial charge in [0.2, 0.25) is 0 Å². The van der Waals surface area contributed by atoms with Crippen LogP contribution in [-0.4, -0.2) is 14.6 Å². The van der Waals surface area contributed by atoms with Crippen molar-refractivity contribution in [1.29, 1.82) is 0 Å². The molecule has 1 N–H and O–H groups in total. The maximum Gasteiger partial charge on any atom is 0.275 e. The molecule has 0 unspecified atom stereocenters. The molecule has 0 radical (unpaired) electrons. The van der Waals surface area contributed by atoms with E-state index in [1.165, 1.54) is 10.8 Å². The maximum absolute atomic E-state index is 10.9. The molecule has 0 aromatic carbocycles. The minimum Gasteiger partial charge on any atom is -0.310 e. The Kier molecular flexibility index (Phi) is 3.79. The van der Waals surface area contributed by atoms with Crippen LogP contribution in [0.5, 0.6) is 0 Å². The molecule has 0 fully saturated rings. The summed E-state index contributed by atoms with van der Waals surface area (Å²) in [5.74, 6) is 0. The molecule has 0 spiro atoms. The van der Waals surface area contributed by atoms with Gasteiger partial charge in [0.15, 0.2) is 0 Å². The SMILES string of the molecule is Cl.Cl.O=c1[nH]cnn2cccc12. The molecule has 0 bridgehead atoms. The third-order valence-electron chi connectivity index (χ3n) is 1.34. The topological polar surface area (TPSA) is 50.2 Å². The lowest BCUT2D eigenvalue weighted by molar-refractivity contribution is 0.889. The molecular weight excluding hydrogens is 201 g/mol. The van der Waals surface area contributed by atoms with Crippen molar-refractivity contribution < 1.29 is 0 Å². The molecule has 2 aromatic heterocycles. The Labute approximate surface area is 80.4 Å². The van der Waals surface area contributed by atoms with E-state index in [0.29, 0.717) is 5.52 Å². The van der Waals surface area contributed by atoms with Crippen LogP contribution in [0.3, 0.4) is 0 Å². The summed E-state index contributed by atoms with van der Waals surface area (Å²) in [7, 11) is 0. The summed E-state index contributed by atoms with van der Waals surface area (Å²) in [6.07, 6.45) is 3.10. The van der Waals surface area contributed by atoms with Crippen molar-refractivity contribution in [3.8, 4) is 0 Å². The van der Waals surface area contributed by atoms with Crippen molar-refractivity contribution in [3.63, 3.8) is 0 Å². The van der Waals surface area contributed by atoms with Gasteiger partial charge < -0.3 is 4.98 Å². The quantitative estimate of drug-likeness (QED) is 0.698. The second-order valence-electron chi connectivity index (χ2n) is 1.96. The predicted octanol–water partition coefficient (Wildman–Crippen LogP) is 0.866. The number of hydrogen-bond acceptors (Lipinski definition) is 2. The van der Waals surface area contributed by atoms with Gasteiger partial charge in [-0.1, -0.05) is 0 Å². The molecule has 0 atom stereocenters. The minimum atomic E-state index is -0.111. The van der Waals surface area contributed by atoms with E-state index >= 15 is 0 Å². The van der Waals surface area contributed by atoms with Crippen LogP contribution >= 0.6 is 24.8 Å². The number of nitrogens with zero attached hydrogens (tertiary/aromatic N) is 2. The fraction of sp³-hybridized carbons (Fsp3) is 0. The van der Waals surface area contributed by atoms with E-state index in [1.807, 2.05) is 0 Å². The van der Waals surface area contributed by atoms with Crippen LogP contribution in [-0.2, 0) is 0 Å². The van der Waals surface area contributed by atoms with Crippen molar-refractivity contribution in [2.75, 3.05) is 0 Å². The summed E-state index contributed by atoms with van der Waals surface area (Å²) >= 11 is 0. The Morgan fingerprint density at radius 3 is 2.83 bits per heavy atom. The molecule has 0 amide bonds. The van der Waals surface area contributed by atoms with Gasteiger partial charge in [0, 0.05) is 6.20 Å². The Balaban J connectivity index is 0.000000605. The van der Waals surface area contributed by atoms with Gasteiger partial charge in [0.05, 0.1) is 0 Å². The lowest BCUT2D eigenvalue weighted by atomic mass is 10.5. The van der Waals surface area contributed by atoms with Crippen molar-refractivity contribution in [3.05, 3.63) is 35.0 Å². The van der Waals surface area contributed by atoms with Gasteiger partial charge in [0.25, 0.3) is 5.56 Å². The molecule has 2 heterocycles. The standard InChI is InChI=1S/C6H5N3O.2ClH/c10-6-5-2-1-3-9(5)8-4-7-6;;/h1-4H,(H,7,8,10);2*1H. The smallest absolute Gasteiger partial charge is 0.275 e. The number of rotatable bonds is 0. The number of fused-ring (bicyclic) bond motifs is 1. The average molecular weight is 208 g/mol. The van der Waals surface area contributed by atoms with E-state index in [1.54, 1.807) is 18.3 Å². The zero-order valence-corrected chi connectivity index (χ0v) is 7.56. The number of nitrogens with one attached hydrogen (secondary N) is 1. The summed E-state index contributed by atoms with van der Waals surface area (Å²) < 4.78 is 1.53. The third-order valence-corrected chi connectivity index (χ3v) is 1.34. The van der Waals surface area contributed by atoms with Crippen LogP contribution in [0.4, 0.5) is 0 Å². The van der Waals surface area contributed by atoms with Crippen LogP contribution in [0, 0.1) is 0 Å². The van der Waals surface area contributed by atoms with Crippen LogP contribution < -0.4 is 5.56 Å². The zero-order valence-electron chi connectivity index (χ0n) is 5.93. The first-order valence-electron chi connectivity index (χ1n) is 2.89. The Morgan fingerprint density at radius 1 is 1.42 bits per heavy atom. The molecule has 0 saturated carbocycles. The second-order valence-corrected chi connectivity index (χ2v) is 1.96. The first kappa shape index (κ1) is 11.0. The van der Waals surface area contributed by atoms with E-state index in [-0.39, 0.29) is 30.4 Å². The molecule has 12 heavy (non-hydrogen) atoms. The summed E-state index contributed by atoms with van der Waals surface area (Å²) in [6.45, 7) is 0. The predicted molar refractivity (Wildman–Crippen MR) is 50.3 cm³/mol. The molecule has 0 aliphatic heterocycles. The molecule has 0 saturated heterocycles.